The minimum atomic E-state index is -4.39. The first-order chi connectivity index (χ1) is 18.3. The normalized spacial score (nSPS) is 11.6. The first-order valence-electron chi connectivity index (χ1n) is 11.5. The number of nitrogens with zero attached hydrogens (tertiary/aromatic N) is 6. The second-order valence-corrected chi connectivity index (χ2v) is 8.24. The van der Waals surface area contributed by atoms with Gasteiger partial charge in [-0.2, -0.15) is 28.4 Å². The number of carbonyl (C=O) groups excluding carboxylic acids is 1. The van der Waals surface area contributed by atoms with Crippen LogP contribution in [0, 0.1) is 0 Å². The lowest BCUT2D eigenvalue weighted by molar-refractivity contribution is -0.137. The van der Waals surface area contributed by atoms with Crippen LogP contribution in [0.5, 0.6) is 5.88 Å². The summed E-state index contributed by atoms with van der Waals surface area (Å²) >= 11 is 0. The molecule has 0 saturated heterocycles. The van der Waals surface area contributed by atoms with Crippen molar-refractivity contribution < 1.29 is 27.4 Å². The minimum Gasteiger partial charge on any atom is -0.479 e. The molecule has 0 fully saturated rings. The Balaban J connectivity index is 1.43. The Bertz CT molecular complexity index is 1610. The van der Waals surface area contributed by atoms with Gasteiger partial charge in [0.25, 0.3) is 5.95 Å². The van der Waals surface area contributed by atoms with Crippen LogP contribution in [-0.4, -0.2) is 49.2 Å². The number of carbonyl (C=O) groups is 1. The summed E-state index contributed by atoms with van der Waals surface area (Å²) in [4.78, 5) is 20.9. The fraction of sp³-hybridized carbons (Fsp3) is 0.192. The molecule has 0 radical (unpaired) electrons. The summed E-state index contributed by atoms with van der Waals surface area (Å²) in [6, 6.07) is 12.5. The van der Waals surface area contributed by atoms with Crippen molar-refractivity contribution in [3.63, 3.8) is 0 Å². The lowest BCUT2D eigenvalue weighted by Crippen LogP contribution is -2.07. The fourth-order valence-corrected chi connectivity index (χ4v) is 3.94. The predicted molar refractivity (Wildman–Crippen MR) is 131 cm³/mol. The SMILES string of the molecule is CCOC(=O)c1cnn(-c2nc(OC)c3c(cnn3Cc3cccc(-c4ccc(C(F)(F)F)cc4)c3)n2)c1. The maximum absolute atomic E-state index is 12.9. The number of rotatable bonds is 7. The van der Waals surface area contributed by atoms with Crippen molar-refractivity contribution in [2.24, 2.45) is 0 Å². The van der Waals surface area contributed by atoms with Crippen molar-refractivity contribution in [3.8, 4) is 23.0 Å². The van der Waals surface area contributed by atoms with E-state index in [1.54, 1.807) is 17.8 Å². The Labute approximate surface area is 214 Å². The molecule has 0 aliphatic heterocycles. The van der Waals surface area contributed by atoms with E-state index in [2.05, 4.69) is 20.2 Å². The molecule has 12 heteroatoms. The number of hydrogen-bond acceptors (Lipinski definition) is 7. The zero-order chi connectivity index (χ0) is 26.9. The standard InChI is InChI=1S/C26H21F3N6O3/c1-3-38-24(36)19-12-30-35(15-19)25-32-21-13-31-34(22(21)23(33-25)37-2)14-16-5-4-6-18(11-16)17-7-9-20(10-8-17)26(27,28)29/h4-13,15H,3,14H2,1-2H3. The van der Waals surface area contributed by atoms with Crippen molar-refractivity contribution in [2.45, 2.75) is 19.6 Å². The van der Waals surface area contributed by atoms with Crippen LogP contribution in [0.2, 0.25) is 0 Å². The minimum absolute atomic E-state index is 0.189. The summed E-state index contributed by atoms with van der Waals surface area (Å²) in [6.45, 7) is 2.30. The van der Waals surface area contributed by atoms with Crippen LogP contribution in [0.15, 0.2) is 67.1 Å². The first-order valence-corrected chi connectivity index (χ1v) is 11.5. The van der Waals surface area contributed by atoms with E-state index in [9.17, 15) is 18.0 Å². The Morgan fingerprint density at radius 1 is 1.00 bits per heavy atom. The largest absolute Gasteiger partial charge is 0.479 e. The van der Waals surface area contributed by atoms with Gasteiger partial charge in [0.15, 0.2) is 0 Å². The van der Waals surface area contributed by atoms with Crippen LogP contribution in [0.3, 0.4) is 0 Å². The second kappa shape index (κ2) is 9.96. The van der Waals surface area contributed by atoms with Gasteiger partial charge in [0.2, 0.25) is 5.88 Å². The highest BCUT2D eigenvalue weighted by Gasteiger charge is 2.30. The van der Waals surface area contributed by atoms with Gasteiger partial charge in [-0.1, -0.05) is 30.3 Å². The monoisotopic (exact) mass is 522 g/mol. The highest BCUT2D eigenvalue weighted by atomic mass is 19.4. The van der Waals surface area contributed by atoms with E-state index in [1.807, 2.05) is 24.3 Å². The molecular formula is C26H21F3N6O3. The van der Waals surface area contributed by atoms with Crippen LogP contribution in [0.1, 0.15) is 28.4 Å². The maximum atomic E-state index is 12.9. The van der Waals surface area contributed by atoms with Gasteiger partial charge in [-0.15, -0.1) is 0 Å². The molecule has 9 nitrogen and oxygen atoms in total. The Kier molecular flexibility index (Phi) is 6.53. The molecule has 0 N–H and O–H groups in total. The smallest absolute Gasteiger partial charge is 0.416 e. The molecule has 0 atom stereocenters. The molecule has 5 rings (SSSR count). The summed E-state index contributed by atoms with van der Waals surface area (Å²) in [5, 5.41) is 8.59. The topological polar surface area (TPSA) is 97.0 Å². The fourth-order valence-electron chi connectivity index (χ4n) is 3.94. The van der Waals surface area contributed by atoms with Crippen LogP contribution >= 0.6 is 0 Å². The van der Waals surface area contributed by atoms with E-state index in [4.69, 9.17) is 9.47 Å². The molecule has 0 aliphatic carbocycles. The number of alkyl halides is 3. The van der Waals surface area contributed by atoms with Crippen LogP contribution in [0.25, 0.3) is 28.1 Å². The molecule has 194 valence electrons. The van der Waals surface area contributed by atoms with Gasteiger partial charge in [0, 0.05) is 6.20 Å². The molecular weight excluding hydrogens is 501 g/mol. The second-order valence-electron chi connectivity index (χ2n) is 8.24. The van der Waals surface area contributed by atoms with Crippen LogP contribution in [0.4, 0.5) is 13.2 Å². The molecule has 0 amide bonds. The number of fused-ring (bicyclic) bond motifs is 1. The van der Waals surface area contributed by atoms with Crippen molar-refractivity contribution in [1.29, 1.82) is 0 Å². The Hall–Kier alpha value is -4.74. The van der Waals surface area contributed by atoms with E-state index < -0.39 is 17.7 Å². The quantitative estimate of drug-likeness (QED) is 0.280. The van der Waals surface area contributed by atoms with E-state index in [-0.39, 0.29) is 24.0 Å². The first kappa shape index (κ1) is 24.9. The third kappa shape index (κ3) is 4.92. The predicted octanol–water partition coefficient (Wildman–Crippen LogP) is 4.93. The molecule has 2 aromatic carbocycles. The maximum Gasteiger partial charge on any atom is 0.416 e. The molecule has 0 aliphatic rings. The molecule has 0 unspecified atom stereocenters. The zero-order valence-electron chi connectivity index (χ0n) is 20.3. The van der Waals surface area contributed by atoms with Crippen LogP contribution < -0.4 is 4.74 Å². The van der Waals surface area contributed by atoms with E-state index in [0.29, 0.717) is 23.1 Å². The Morgan fingerprint density at radius 2 is 1.79 bits per heavy atom. The van der Waals surface area contributed by atoms with E-state index in [0.717, 1.165) is 23.3 Å². The third-order valence-corrected chi connectivity index (χ3v) is 5.74. The molecule has 0 bridgehead atoms. The van der Waals surface area contributed by atoms with Crippen LogP contribution in [-0.2, 0) is 17.5 Å². The number of hydrogen-bond donors (Lipinski definition) is 0. The van der Waals surface area contributed by atoms with Gasteiger partial charge in [0.05, 0.1) is 43.8 Å². The summed E-state index contributed by atoms with van der Waals surface area (Å²) in [5.41, 5.74) is 2.92. The number of benzene rings is 2. The van der Waals surface area contributed by atoms with Gasteiger partial charge >= 0.3 is 12.1 Å². The molecule has 3 aromatic heterocycles. The highest BCUT2D eigenvalue weighted by Crippen LogP contribution is 2.31. The summed E-state index contributed by atoms with van der Waals surface area (Å²) in [7, 11) is 1.47. The molecule has 0 spiro atoms. The number of esters is 1. The number of aromatic nitrogens is 6. The number of halogens is 3. The number of methoxy groups -OCH3 is 1. The summed E-state index contributed by atoms with van der Waals surface area (Å²) in [5.74, 6) is -0.0542. The average Bonchev–Trinajstić information content (AvgIpc) is 3.56. The van der Waals surface area contributed by atoms with Gasteiger partial charge in [-0.05, 0) is 41.8 Å². The van der Waals surface area contributed by atoms with E-state index in [1.165, 1.54) is 36.3 Å². The van der Waals surface area contributed by atoms with E-state index >= 15 is 0 Å². The zero-order valence-corrected chi connectivity index (χ0v) is 20.3. The van der Waals surface area contributed by atoms with Gasteiger partial charge < -0.3 is 9.47 Å². The highest BCUT2D eigenvalue weighted by molar-refractivity contribution is 5.88. The van der Waals surface area contributed by atoms with Crippen molar-refractivity contribution >= 4 is 17.0 Å². The lowest BCUT2D eigenvalue weighted by atomic mass is 10.0. The molecule has 3 heterocycles. The van der Waals surface area contributed by atoms with Gasteiger partial charge in [-0.3, -0.25) is 4.68 Å². The van der Waals surface area contributed by atoms with Crippen molar-refractivity contribution in [3.05, 3.63) is 83.8 Å². The lowest BCUT2D eigenvalue weighted by Gasteiger charge is -2.10. The molecule has 5 aromatic rings. The summed E-state index contributed by atoms with van der Waals surface area (Å²) < 4.78 is 52.3. The molecule has 38 heavy (non-hydrogen) atoms. The van der Waals surface area contributed by atoms with Gasteiger partial charge in [-0.25, -0.2) is 14.5 Å². The summed E-state index contributed by atoms with van der Waals surface area (Å²) in [6.07, 6.45) is 0.0164. The number of ether oxygens (including phenoxy) is 2. The Morgan fingerprint density at radius 3 is 2.50 bits per heavy atom. The van der Waals surface area contributed by atoms with Crippen molar-refractivity contribution in [2.75, 3.05) is 13.7 Å². The third-order valence-electron chi connectivity index (χ3n) is 5.74. The van der Waals surface area contributed by atoms with Crippen molar-refractivity contribution in [1.82, 2.24) is 29.5 Å². The molecule has 0 saturated carbocycles. The van der Waals surface area contributed by atoms with Gasteiger partial charge in [0.1, 0.15) is 11.0 Å². The average molecular weight is 522 g/mol.